The fourth-order valence-corrected chi connectivity index (χ4v) is 9.29. The quantitative estimate of drug-likeness (QED) is 0.278. The van der Waals surface area contributed by atoms with Gasteiger partial charge in [0.15, 0.2) is 0 Å². The highest BCUT2D eigenvalue weighted by atomic mass is 32.2. The van der Waals surface area contributed by atoms with Gasteiger partial charge in [0.1, 0.15) is 4.75 Å². The van der Waals surface area contributed by atoms with Gasteiger partial charge >= 0.3 is 0 Å². The van der Waals surface area contributed by atoms with Crippen LogP contribution in [0.2, 0.25) is 0 Å². The molecule has 2 nitrogen and oxygen atoms in total. The number of nitriles is 1. The summed E-state index contributed by atoms with van der Waals surface area (Å²) in [6.07, 6.45) is 0.519. The smallest absolute Gasteiger partial charge is 0.114 e. The van der Waals surface area contributed by atoms with E-state index < -0.39 is 26.2 Å². The molecule has 2 bridgehead atoms. The summed E-state index contributed by atoms with van der Waals surface area (Å²) in [5.74, 6) is -0.433. The van der Waals surface area contributed by atoms with E-state index >= 15 is 4.21 Å². The van der Waals surface area contributed by atoms with Gasteiger partial charge in [0.2, 0.25) is 0 Å². The number of hydrogen-bond donors (Lipinski definition) is 0. The third-order valence-corrected chi connectivity index (χ3v) is 11.0. The van der Waals surface area contributed by atoms with E-state index in [0.717, 1.165) is 44.5 Å². The van der Waals surface area contributed by atoms with Gasteiger partial charge in [-0.25, -0.2) is 0 Å². The van der Waals surface area contributed by atoms with E-state index in [1.807, 2.05) is 0 Å². The Balaban J connectivity index is 1.80. The Kier molecular flexibility index (Phi) is 5.78. The van der Waals surface area contributed by atoms with Gasteiger partial charge in [-0.15, -0.1) is 0 Å². The predicted molar refractivity (Wildman–Crippen MR) is 157 cm³/mol. The minimum atomic E-state index is -1.43. The van der Waals surface area contributed by atoms with E-state index in [4.69, 9.17) is 0 Å². The maximum absolute atomic E-state index is 15.4. The van der Waals surface area contributed by atoms with E-state index in [2.05, 4.69) is 131 Å². The number of aryl methyl sites for hydroxylation is 4. The van der Waals surface area contributed by atoms with Crippen molar-refractivity contribution in [3.05, 3.63) is 142 Å². The highest BCUT2D eigenvalue weighted by molar-refractivity contribution is 7.89. The molecule has 2 heterocycles. The van der Waals surface area contributed by atoms with Crippen molar-refractivity contribution in [3.8, 4) is 6.07 Å². The SMILES string of the molecule is Cc1ccc(C2=C(c3ccc(C)cc3)C3(c4ccc(C)cc4)C(C#N)CC2(c2ccc(C)cc2)S3=O)cc1. The highest BCUT2D eigenvalue weighted by Gasteiger charge is 2.72. The minimum absolute atomic E-state index is 0.433. The minimum Gasteiger partial charge on any atom is -0.257 e. The van der Waals surface area contributed by atoms with E-state index in [0.29, 0.717) is 6.42 Å². The number of fused-ring (bicyclic) bond motifs is 2. The molecule has 0 spiro atoms. The van der Waals surface area contributed by atoms with Crippen molar-refractivity contribution in [2.75, 3.05) is 0 Å². The Labute approximate surface area is 228 Å². The van der Waals surface area contributed by atoms with Gasteiger partial charge in [0.05, 0.1) is 27.5 Å². The molecule has 6 rings (SSSR count). The summed E-state index contributed by atoms with van der Waals surface area (Å²) < 4.78 is 13.6. The lowest BCUT2D eigenvalue weighted by Gasteiger charge is -2.36. The van der Waals surface area contributed by atoms with Gasteiger partial charge in [0.25, 0.3) is 0 Å². The summed E-state index contributed by atoms with van der Waals surface area (Å²) >= 11 is 0. The number of nitrogens with zero attached hydrogens (tertiary/aromatic N) is 1. The second kappa shape index (κ2) is 8.93. The molecule has 4 aromatic carbocycles. The van der Waals surface area contributed by atoms with Crippen molar-refractivity contribution in [2.45, 2.75) is 43.6 Å². The summed E-state index contributed by atoms with van der Waals surface area (Å²) in [6.45, 7) is 8.31. The lowest BCUT2D eigenvalue weighted by atomic mass is 9.63. The van der Waals surface area contributed by atoms with Gasteiger partial charge in [-0.3, -0.25) is 4.21 Å². The third-order valence-electron chi connectivity index (χ3n) is 8.45. The van der Waals surface area contributed by atoms with Crippen molar-refractivity contribution < 1.29 is 4.21 Å². The molecule has 4 atom stereocenters. The van der Waals surface area contributed by atoms with Crippen LogP contribution in [0.4, 0.5) is 0 Å². The largest absolute Gasteiger partial charge is 0.257 e. The Morgan fingerprint density at radius 3 is 1.47 bits per heavy atom. The number of rotatable bonds is 4. The monoisotopic (exact) mass is 513 g/mol. The molecule has 0 saturated carbocycles. The molecule has 0 amide bonds. The van der Waals surface area contributed by atoms with Gasteiger partial charge < -0.3 is 0 Å². The number of hydrogen-bond acceptors (Lipinski definition) is 2. The molecule has 0 aliphatic carbocycles. The summed E-state index contributed by atoms with van der Waals surface area (Å²) in [6, 6.07) is 36.6. The zero-order valence-corrected chi connectivity index (χ0v) is 23.1. The van der Waals surface area contributed by atoms with Crippen LogP contribution >= 0.6 is 0 Å². The van der Waals surface area contributed by atoms with Crippen molar-refractivity contribution in [2.24, 2.45) is 5.92 Å². The van der Waals surface area contributed by atoms with Crippen LogP contribution in [0.1, 0.15) is 50.9 Å². The van der Waals surface area contributed by atoms with E-state index in [1.165, 1.54) is 11.1 Å². The Morgan fingerprint density at radius 1 is 0.632 bits per heavy atom. The van der Waals surface area contributed by atoms with Crippen molar-refractivity contribution >= 4 is 21.9 Å². The summed E-state index contributed by atoms with van der Waals surface area (Å²) in [5, 5.41) is 10.7. The van der Waals surface area contributed by atoms with E-state index in [1.54, 1.807) is 0 Å². The standard InChI is InChI=1S/C35H31NOS/c1-23-5-13-27(14-6-23)32-33(28-15-7-24(2)8-16-28)35(30-19-11-26(4)12-20-30)31(22-36)21-34(32,38(35)37)29-17-9-25(3)10-18-29/h5-20,31H,21H2,1-4H3. The van der Waals surface area contributed by atoms with Crippen LogP contribution in [-0.2, 0) is 20.3 Å². The second-order valence-corrected chi connectivity index (χ2v) is 12.8. The zero-order valence-electron chi connectivity index (χ0n) is 22.3. The topological polar surface area (TPSA) is 40.9 Å². The maximum Gasteiger partial charge on any atom is 0.114 e. The molecule has 2 aliphatic heterocycles. The molecular formula is C35H31NOS. The third kappa shape index (κ3) is 3.33. The first-order chi connectivity index (χ1) is 18.3. The predicted octanol–water partition coefficient (Wildman–Crippen LogP) is 7.93. The normalized spacial score (nSPS) is 26.0. The van der Waals surface area contributed by atoms with Crippen LogP contribution < -0.4 is 0 Å². The van der Waals surface area contributed by atoms with Crippen LogP contribution in [0.3, 0.4) is 0 Å². The lowest BCUT2D eigenvalue weighted by Crippen LogP contribution is -2.34. The lowest BCUT2D eigenvalue weighted by molar-refractivity contribution is 0.511. The zero-order chi connectivity index (χ0) is 26.7. The summed E-state index contributed by atoms with van der Waals surface area (Å²) in [5.41, 5.74) is 10.9. The molecule has 0 aromatic heterocycles. The van der Waals surface area contributed by atoms with Crippen LogP contribution in [0, 0.1) is 44.9 Å². The first-order valence-electron chi connectivity index (χ1n) is 13.2. The summed E-state index contributed by atoms with van der Waals surface area (Å²) in [7, 11) is -1.43. The van der Waals surface area contributed by atoms with E-state index in [9.17, 15) is 5.26 Å². The molecule has 0 radical (unpaired) electrons. The Bertz CT molecular complexity index is 1620. The van der Waals surface area contributed by atoms with E-state index in [-0.39, 0.29) is 0 Å². The molecule has 1 fully saturated rings. The average molecular weight is 514 g/mol. The molecule has 188 valence electrons. The van der Waals surface area contributed by atoms with Crippen molar-refractivity contribution in [1.82, 2.24) is 0 Å². The van der Waals surface area contributed by atoms with Gasteiger partial charge in [-0.1, -0.05) is 119 Å². The molecule has 0 N–H and O–H groups in total. The van der Waals surface area contributed by atoms with Crippen LogP contribution in [0.5, 0.6) is 0 Å². The second-order valence-electron chi connectivity index (χ2n) is 10.9. The molecule has 38 heavy (non-hydrogen) atoms. The molecule has 3 heteroatoms. The van der Waals surface area contributed by atoms with Crippen molar-refractivity contribution in [3.63, 3.8) is 0 Å². The van der Waals surface area contributed by atoms with Crippen molar-refractivity contribution in [1.29, 1.82) is 5.26 Å². The van der Waals surface area contributed by atoms with Gasteiger partial charge in [0, 0.05) is 0 Å². The Morgan fingerprint density at radius 2 is 1.03 bits per heavy atom. The fraction of sp³-hybridized carbons (Fsp3) is 0.229. The van der Waals surface area contributed by atoms with Crippen LogP contribution in [0.15, 0.2) is 97.1 Å². The molecule has 1 saturated heterocycles. The van der Waals surface area contributed by atoms with Gasteiger partial charge in [-0.2, -0.15) is 5.26 Å². The summed E-state index contributed by atoms with van der Waals surface area (Å²) in [4.78, 5) is 0. The average Bonchev–Trinajstić information content (AvgIpc) is 3.31. The van der Waals surface area contributed by atoms with Crippen LogP contribution in [-0.4, -0.2) is 4.21 Å². The van der Waals surface area contributed by atoms with Gasteiger partial charge in [-0.05, 0) is 67.5 Å². The first kappa shape index (κ1) is 24.6. The highest BCUT2D eigenvalue weighted by Crippen LogP contribution is 2.72. The fourth-order valence-electron chi connectivity index (χ4n) is 6.52. The first-order valence-corrected chi connectivity index (χ1v) is 14.3. The maximum atomic E-state index is 15.4. The molecular weight excluding hydrogens is 482 g/mol. The Hall–Kier alpha value is -3.74. The molecule has 4 aromatic rings. The van der Waals surface area contributed by atoms with Crippen LogP contribution in [0.25, 0.3) is 11.1 Å². The number of benzene rings is 4. The molecule has 2 aliphatic rings. The molecule has 4 unspecified atom stereocenters.